The van der Waals surface area contributed by atoms with Crippen LogP contribution in [0.1, 0.15) is 38.1 Å². The molecule has 0 radical (unpaired) electrons. The summed E-state index contributed by atoms with van der Waals surface area (Å²) in [5.74, 6) is 1.14. The van der Waals surface area contributed by atoms with Gasteiger partial charge in [-0.25, -0.2) is 0 Å². The second kappa shape index (κ2) is 5.63. The number of nitrogens with zero attached hydrogens (tertiary/aromatic N) is 2. The van der Waals surface area contributed by atoms with E-state index in [0.717, 1.165) is 18.4 Å². The number of phenolic OH excluding ortho intramolecular Hbond substituents is 1. The predicted molar refractivity (Wildman–Crippen MR) is 75.4 cm³/mol. The lowest BCUT2D eigenvalue weighted by atomic mass is 9.96. The second-order valence-electron chi connectivity index (χ2n) is 4.83. The molecule has 1 heterocycles. The van der Waals surface area contributed by atoms with E-state index in [2.05, 4.69) is 10.1 Å². The maximum atomic E-state index is 9.75. The van der Waals surface area contributed by atoms with Gasteiger partial charge in [0.15, 0.2) is 0 Å². The average Bonchev–Trinajstić information content (AvgIpc) is 2.95. The van der Waals surface area contributed by atoms with Crippen LogP contribution >= 0.6 is 0 Å². The summed E-state index contributed by atoms with van der Waals surface area (Å²) < 4.78 is 10.9. The number of aryl methyl sites for hydroxylation is 1. The van der Waals surface area contributed by atoms with E-state index in [1.165, 1.54) is 0 Å². The van der Waals surface area contributed by atoms with Crippen molar-refractivity contribution in [2.45, 2.75) is 39.2 Å². The standard InChI is InChI=1S/C15H20N2O3/c1-5-15(6-2,19-4)14-16-13(20-17-14)11-8-7-10(3)12(18)9-11/h7-9,18H,5-6H2,1-4H3. The molecule has 0 amide bonds. The molecular weight excluding hydrogens is 256 g/mol. The van der Waals surface area contributed by atoms with Gasteiger partial charge in [-0.15, -0.1) is 0 Å². The molecule has 0 saturated carbocycles. The number of hydrogen-bond donors (Lipinski definition) is 1. The summed E-state index contributed by atoms with van der Waals surface area (Å²) in [5, 5.41) is 13.8. The fourth-order valence-electron chi connectivity index (χ4n) is 2.21. The van der Waals surface area contributed by atoms with Crippen LogP contribution in [0.4, 0.5) is 0 Å². The largest absolute Gasteiger partial charge is 0.508 e. The first kappa shape index (κ1) is 14.5. The summed E-state index contributed by atoms with van der Waals surface area (Å²) in [4.78, 5) is 4.42. The van der Waals surface area contributed by atoms with Crippen molar-refractivity contribution in [1.29, 1.82) is 0 Å². The van der Waals surface area contributed by atoms with Gasteiger partial charge in [0.2, 0.25) is 5.82 Å². The third-order valence-electron chi connectivity index (χ3n) is 3.82. The zero-order valence-electron chi connectivity index (χ0n) is 12.3. The molecule has 5 heteroatoms. The lowest BCUT2D eigenvalue weighted by Gasteiger charge is -2.25. The molecule has 2 aromatic rings. The maximum absolute atomic E-state index is 9.75. The molecule has 2 rings (SSSR count). The number of aromatic nitrogens is 2. The van der Waals surface area contributed by atoms with E-state index in [4.69, 9.17) is 9.26 Å². The van der Waals surface area contributed by atoms with Gasteiger partial charge in [-0.3, -0.25) is 0 Å². The number of hydrogen-bond acceptors (Lipinski definition) is 5. The fraction of sp³-hybridized carbons (Fsp3) is 0.467. The van der Waals surface area contributed by atoms with Crippen LogP contribution < -0.4 is 0 Å². The highest BCUT2D eigenvalue weighted by atomic mass is 16.5. The number of benzene rings is 1. The molecule has 0 fully saturated rings. The van der Waals surface area contributed by atoms with E-state index in [9.17, 15) is 5.11 Å². The minimum Gasteiger partial charge on any atom is -0.508 e. The Bertz CT molecular complexity index is 580. The van der Waals surface area contributed by atoms with Gasteiger partial charge < -0.3 is 14.4 Å². The van der Waals surface area contributed by atoms with Crippen molar-refractivity contribution in [3.63, 3.8) is 0 Å². The number of methoxy groups -OCH3 is 1. The van der Waals surface area contributed by atoms with Crippen LogP contribution in [0.3, 0.4) is 0 Å². The topological polar surface area (TPSA) is 68.4 Å². The van der Waals surface area contributed by atoms with E-state index in [1.807, 2.05) is 32.9 Å². The molecule has 0 aliphatic carbocycles. The smallest absolute Gasteiger partial charge is 0.258 e. The van der Waals surface area contributed by atoms with Gasteiger partial charge in [-0.1, -0.05) is 25.1 Å². The Balaban J connectivity index is 2.39. The molecule has 20 heavy (non-hydrogen) atoms. The van der Waals surface area contributed by atoms with Crippen molar-refractivity contribution in [3.8, 4) is 17.2 Å². The summed E-state index contributed by atoms with van der Waals surface area (Å²) in [5.41, 5.74) is 0.986. The third kappa shape index (κ3) is 2.41. The maximum Gasteiger partial charge on any atom is 0.258 e. The summed E-state index contributed by atoms with van der Waals surface area (Å²) in [6.45, 7) is 5.89. The zero-order chi connectivity index (χ0) is 14.8. The summed E-state index contributed by atoms with van der Waals surface area (Å²) >= 11 is 0. The first-order valence-corrected chi connectivity index (χ1v) is 6.75. The van der Waals surface area contributed by atoms with E-state index in [-0.39, 0.29) is 5.75 Å². The van der Waals surface area contributed by atoms with Crippen molar-refractivity contribution in [2.75, 3.05) is 7.11 Å². The molecule has 0 spiro atoms. The van der Waals surface area contributed by atoms with E-state index >= 15 is 0 Å². The van der Waals surface area contributed by atoms with Gasteiger partial charge in [0.05, 0.1) is 0 Å². The highest BCUT2D eigenvalue weighted by molar-refractivity contribution is 5.57. The number of aromatic hydroxyl groups is 1. The normalized spacial score (nSPS) is 11.8. The fourth-order valence-corrected chi connectivity index (χ4v) is 2.21. The van der Waals surface area contributed by atoms with Gasteiger partial charge >= 0.3 is 0 Å². The summed E-state index contributed by atoms with van der Waals surface area (Å²) in [6, 6.07) is 5.29. The number of phenols is 1. The average molecular weight is 276 g/mol. The quantitative estimate of drug-likeness (QED) is 0.906. The van der Waals surface area contributed by atoms with Gasteiger partial charge in [-0.2, -0.15) is 4.98 Å². The third-order valence-corrected chi connectivity index (χ3v) is 3.82. The monoisotopic (exact) mass is 276 g/mol. The van der Waals surface area contributed by atoms with Gasteiger partial charge in [0.25, 0.3) is 5.89 Å². The molecule has 5 nitrogen and oxygen atoms in total. The Morgan fingerprint density at radius 3 is 2.55 bits per heavy atom. The lowest BCUT2D eigenvalue weighted by molar-refractivity contribution is -0.0306. The van der Waals surface area contributed by atoms with Crippen molar-refractivity contribution in [1.82, 2.24) is 10.1 Å². The highest BCUT2D eigenvalue weighted by Gasteiger charge is 2.33. The Kier molecular flexibility index (Phi) is 4.09. The molecular formula is C15H20N2O3. The van der Waals surface area contributed by atoms with Crippen molar-refractivity contribution < 1.29 is 14.4 Å². The summed E-state index contributed by atoms with van der Waals surface area (Å²) in [7, 11) is 1.65. The Hall–Kier alpha value is -1.88. The first-order valence-electron chi connectivity index (χ1n) is 6.75. The Labute approximate surface area is 118 Å². The lowest BCUT2D eigenvalue weighted by Crippen LogP contribution is -2.28. The van der Waals surface area contributed by atoms with E-state index < -0.39 is 5.60 Å². The van der Waals surface area contributed by atoms with E-state index in [1.54, 1.807) is 13.2 Å². The molecule has 1 aromatic carbocycles. The minimum atomic E-state index is -0.519. The molecule has 0 aliphatic rings. The molecule has 0 unspecified atom stereocenters. The predicted octanol–water partition coefficient (Wildman–Crippen LogP) is 3.41. The summed E-state index contributed by atoms with van der Waals surface area (Å²) in [6.07, 6.45) is 1.52. The van der Waals surface area contributed by atoms with Crippen LogP contribution in [0, 0.1) is 6.92 Å². The van der Waals surface area contributed by atoms with Crippen LogP contribution in [0.15, 0.2) is 22.7 Å². The Morgan fingerprint density at radius 1 is 1.30 bits per heavy atom. The Morgan fingerprint density at radius 2 is 2.00 bits per heavy atom. The zero-order valence-corrected chi connectivity index (χ0v) is 12.3. The SMILES string of the molecule is CCC(CC)(OC)c1noc(-c2ccc(C)c(O)c2)n1. The first-order chi connectivity index (χ1) is 9.56. The molecule has 0 atom stereocenters. The molecule has 1 aromatic heterocycles. The molecule has 108 valence electrons. The van der Waals surface area contributed by atoms with Crippen LogP contribution in [0.25, 0.3) is 11.5 Å². The second-order valence-corrected chi connectivity index (χ2v) is 4.83. The van der Waals surface area contributed by atoms with Crippen LogP contribution in [-0.4, -0.2) is 22.4 Å². The van der Waals surface area contributed by atoms with Crippen molar-refractivity contribution >= 4 is 0 Å². The molecule has 0 bridgehead atoms. The van der Waals surface area contributed by atoms with Crippen LogP contribution in [0.2, 0.25) is 0 Å². The van der Waals surface area contributed by atoms with Crippen molar-refractivity contribution in [3.05, 3.63) is 29.6 Å². The van der Waals surface area contributed by atoms with Gasteiger partial charge in [0.1, 0.15) is 11.4 Å². The van der Waals surface area contributed by atoms with Crippen molar-refractivity contribution in [2.24, 2.45) is 0 Å². The van der Waals surface area contributed by atoms with Crippen LogP contribution in [0.5, 0.6) is 5.75 Å². The number of rotatable bonds is 5. The molecule has 0 saturated heterocycles. The van der Waals surface area contributed by atoms with Crippen LogP contribution in [-0.2, 0) is 10.3 Å². The molecule has 1 N–H and O–H groups in total. The van der Waals surface area contributed by atoms with Gasteiger partial charge in [-0.05, 0) is 37.5 Å². The number of ether oxygens (including phenoxy) is 1. The van der Waals surface area contributed by atoms with E-state index in [0.29, 0.717) is 17.3 Å². The van der Waals surface area contributed by atoms with Gasteiger partial charge in [0, 0.05) is 12.7 Å². The highest BCUT2D eigenvalue weighted by Crippen LogP contribution is 2.32. The molecule has 0 aliphatic heterocycles. The minimum absolute atomic E-state index is 0.214.